The first kappa shape index (κ1) is 16.6. The van der Waals surface area contributed by atoms with Crippen LogP contribution in [0.15, 0.2) is 60.7 Å². The minimum absolute atomic E-state index is 0.295. The molecule has 126 valence electrons. The number of halogens is 2. The van der Waals surface area contributed by atoms with Crippen LogP contribution in [0.3, 0.4) is 0 Å². The second kappa shape index (κ2) is 7.09. The van der Waals surface area contributed by atoms with E-state index in [1.54, 1.807) is 12.1 Å². The van der Waals surface area contributed by atoms with Crippen molar-refractivity contribution >= 4 is 28.3 Å². The number of benzene rings is 3. The van der Waals surface area contributed by atoms with Gasteiger partial charge in [-0.1, -0.05) is 30.3 Å². The van der Waals surface area contributed by atoms with Gasteiger partial charge >= 0.3 is 5.97 Å². The zero-order chi connectivity index (χ0) is 17.8. The van der Waals surface area contributed by atoms with E-state index in [-0.39, 0.29) is 5.56 Å². The van der Waals surface area contributed by atoms with Crippen molar-refractivity contribution in [3.8, 4) is 0 Å². The zero-order valence-electron chi connectivity index (χ0n) is 13.0. The average molecular weight is 341 g/mol. The highest BCUT2D eigenvalue weighted by molar-refractivity contribution is 5.97. The van der Waals surface area contributed by atoms with Gasteiger partial charge in [0.15, 0.2) is 6.61 Å². The number of ether oxygens (including phenoxy) is 1. The minimum Gasteiger partial charge on any atom is -0.452 e. The molecule has 0 aromatic heterocycles. The highest BCUT2D eigenvalue weighted by Crippen LogP contribution is 2.18. The Morgan fingerprint density at radius 2 is 1.56 bits per heavy atom. The number of amides is 1. The van der Waals surface area contributed by atoms with Crippen LogP contribution in [0.5, 0.6) is 0 Å². The van der Waals surface area contributed by atoms with Gasteiger partial charge in [0.2, 0.25) is 0 Å². The monoisotopic (exact) mass is 341 g/mol. The first-order chi connectivity index (χ1) is 12.0. The third-order valence-electron chi connectivity index (χ3n) is 3.47. The molecule has 3 rings (SSSR count). The summed E-state index contributed by atoms with van der Waals surface area (Å²) >= 11 is 0. The Kier molecular flexibility index (Phi) is 4.70. The Bertz CT molecular complexity index is 936. The van der Waals surface area contributed by atoms with Crippen LogP contribution in [0, 0.1) is 11.6 Å². The predicted molar refractivity (Wildman–Crippen MR) is 89.2 cm³/mol. The highest BCUT2D eigenvalue weighted by atomic mass is 19.1. The van der Waals surface area contributed by atoms with Crippen molar-refractivity contribution in [1.82, 2.24) is 0 Å². The molecule has 6 heteroatoms. The van der Waals surface area contributed by atoms with Crippen molar-refractivity contribution in [2.75, 3.05) is 11.9 Å². The fourth-order valence-electron chi connectivity index (χ4n) is 2.35. The second-order valence-electron chi connectivity index (χ2n) is 5.34. The number of nitrogens with one attached hydrogen (secondary N) is 1. The van der Waals surface area contributed by atoms with Gasteiger partial charge in [0.05, 0.1) is 5.56 Å². The Labute approximate surface area is 142 Å². The standard InChI is InChI=1S/C19H13F2NO3/c20-15-7-14(8-16(21)10-15)19(24)25-11-18(23)22-17-6-5-12-3-1-2-4-13(12)9-17/h1-10H,11H2,(H,22,23). The van der Waals surface area contributed by atoms with Gasteiger partial charge in [-0.05, 0) is 35.0 Å². The van der Waals surface area contributed by atoms with E-state index in [0.29, 0.717) is 11.8 Å². The fourth-order valence-corrected chi connectivity index (χ4v) is 2.35. The van der Waals surface area contributed by atoms with Gasteiger partial charge in [-0.2, -0.15) is 0 Å². The summed E-state index contributed by atoms with van der Waals surface area (Å²) in [6.45, 7) is -0.566. The first-order valence-corrected chi connectivity index (χ1v) is 7.43. The van der Waals surface area contributed by atoms with Crippen molar-refractivity contribution in [1.29, 1.82) is 0 Å². The highest BCUT2D eigenvalue weighted by Gasteiger charge is 2.13. The molecule has 0 bridgehead atoms. The van der Waals surface area contributed by atoms with E-state index in [4.69, 9.17) is 4.74 Å². The molecule has 0 saturated heterocycles. The van der Waals surface area contributed by atoms with Crippen LogP contribution in [-0.2, 0) is 9.53 Å². The normalized spacial score (nSPS) is 10.5. The smallest absolute Gasteiger partial charge is 0.338 e. The molecule has 0 atom stereocenters. The number of hydrogen-bond donors (Lipinski definition) is 1. The summed E-state index contributed by atoms with van der Waals surface area (Å²) in [6.07, 6.45) is 0. The quantitative estimate of drug-likeness (QED) is 0.732. The topological polar surface area (TPSA) is 55.4 Å². The average Bonchev–Trinajstić information content (AvgIpc) is 2.58. The maximum absolute atomic E-state index is 13.1. The van der Waals surface area contributed by atoms with Crippen molar-refractivity contribution < 1.29 is 23.1 Å². The van der Waals surface area contributed by atoms with E-state index in [9.17, 15) is 18.4 Å². The predicted octanol–water partition coefficient (Wildman–Crippen LogP) is 3.91. The molecular formula is C19H13F2NO3. The summed E-state index contributed by atoms with van der Waals surface area (Å²) in [5, 5.41) is 4.58. The Balaban J connectivity index is 1.61. The number of fused-ring (bicyclic) bond motifs is 1. The molecule has 0 heterocycles. The number of carbonyl (C=O) groups excluding carboxylic acids is 2. The van der Waals surface area contributed by atoms with Crippen LogP contribution in [0.4, 0.5) is 14.5 Å². The molecule has 0 fully saturated rings. The van der Waals surface area contributed by atoms with E-state index in [0.717, 1.165) is 22.9 Å². The molecule has 0 aliphatic rings. The van der Waals surface area contributed by atoms with Crippen molar-refractivity contribution in [3.05, 3.63) is 77.9 Å². The third-order valence-corrected chi connectivity index (χ3v) is 3.47. The lowest BCUT2D eigenvalue weighted by Crippen LogP contribution is -2.21. The lowest BCUT2D eigenvalue weighted by molar-refractivity contribution is -0.119. The van der Waals surface area contributed by atoms with Gasteiger partial charge in [0, 0.05) is 11.8 Å². The Morgan fingerprint density at radius 3 is 2.28 bits per heavy atom. The summed E-state index contributed by atoms with van der Waals surface area (Å²) in [7, 11) is 0. The van der Waals surface area contributed by atoms with E-state index >= 15 is 0 Å². The third kappa shape index (κ3) is 4.17. The molecule has 0 spiro atoms. The van der Waals surface area contributed by atoms with Crippen LogP contribution in [0.2, 0.25) is 0 Å². The largest absolute Gasteiger partial charge is 0.452 e. The van der Waals surface area contributed by atoms with Crippen molar-refractivity contribution in [2.45, 2.75) is 0 Å². The van der Waals surface area contributed by atoms with E-state index in [1.807, 2.05) is 30.3 Å². The summed E-state index contributed by atoms with van der Waals surface area (Å²) in [5.41, 5.74) is 0.257. The number of anilines is 1. The zero-order valence-corrected chi connectivity index (χ0v) is 13.0. The summed E-state index contributed by atoms with van der Waals surface area (Å²) in [6, 6.07) is 15.3. The summed E-state index contributed by atoms with van der Waals surface area (Å²) in [4.78, 5) is 23.6. The maximum Gasteiger partial charge on any atom is 0.338 e. The summed E-state index contributed by atoms with van der Waals surface area (Å²) < 4.78 is 30.9. The van der Waals surface area contributed by atoms with Gasteiger partial charge in [-0.3, -0.25) is 4.79 Å². The molecule has 0 aliphatic carbocycles. The molecule has 1 N–H and O–H groups in total. The summed E-state index contributed by atoms with van der Waals surface area (Å²) in [5.74, 6) is -3.33. The molecule has 0 aliphatic heterocycles. The Hall–Kier alpha value is -3.28. The molecule has 0 saturated carbocycles. The molecule has 3 aromatic carbocycles. The number of rotatable bonds is 4. The second-order valence-corrected chi connectivity index (χ2v) is 5.34. The van der Waals surface area contributed by atoms with Gasteiger partial charge in [-0.25, -0.2) is 13.6 Å². The van der Waals surface area contributed by atoms with E-state index in [2.05, 4.69) is 5.32 Å². The minimum atomic E-state index is -0.980. The lowest BCUT2D eigenvalue weighted by atomic mass is 10.1. The van der Waals surface area contributed by atoms with Crippen molar-refractivity contribution in [2.24, 2.45) is 0 Å². The molecule has 0 radical (unpaired) electrons. The van der Waals surface area contributed by atoms with Gasteiger partial charge in [0.1, 0.15) is 11.6 Å². The number of esters is 1. The van der Waals surface area contributed by atoms with Gasteiger partial charge in [0.25, 0.3) is 5.91 Å². The van der Waals surface area contributed by atoms with Crippen LogP contribution < -0.4 is 5.32 Å². The maximum atomic E-state index is 13.1. The Morgan fingerprint density at radius 1 is 0.880 bits per heavy atom. The first-order valence-electron chi connectivity index (χ1n) is 7.43. The van der Waals surface area contributed by atoms with Crippen LogP contribution in [-0.4, -0.2) is 18.5 Å². The fraction of sp³-hybridized carbons (Fsp3) is 0.0526. The van der Waals surface area contributed by atoms with Gasteiger partial charge in [-0.15, -0.1) is 0 Å². The number of carbonyl (C=O) groups is 2. The molecule has 3 aromatic rings. The molecule has 25 heavy (non-hydrogen) atoms. The van der Waals surface area contributed by atoms with Gasteiger partial charge < -0.3 is 10.1 Å². The van der Waals surface area contributed by atoms with Crippen LogP contribution >= 0.6 is 0 Å². The molecule has 4 nitrogen and oxygen atoms in total. The van der Waals surface area contributed by atoms with Crippen molar-refractivity contribution in [3.63, 3.8) is 0 Å². The van der Waals surface area contributed by atoms with E-state index < -0.39 is 30.1 Å². The molecule has 0 unspecified atom stereocenters. The SMILES string of the molecule is O=C(COC(=O)c1cc(F)cc(F)c1)Nc1ccc2ccccc2c1. The van der Waals surface area contributed by atoms with Crippen LogP contribution in [0.25, 0.3) is 10.8 Å². The molecule has 1 amide bonds. The van der Waals surface area contributed by atoms with Crippen LogP contribution in [0.1, 0.15) is 10.4 Å². The van der Waals surface area contributed by atoms with E-state index in [1.165, 1.54) is 0 Å². The molecular weight excluding hydrogens is 328 g/mol. The lowest BCUT2D eigenvalue weighted by Gasteiger charge is -2.08. The number of hydrogen-bond acceptors (Lipinski definition) is 3.